The Kier molecular flexibility index (Phi) is 9.79. The second-order valence-electron chi connectivity index (χ2n) is 8.44. The van der Waals surface area contributed by atoms with Crippen LogP contribution >= 0.6 is 0 Å². The van der Waals surface area contributed by atoms with Crippen LogP contribution in [-0.2, 0) is 26.2 Å². The summed E-state index contributed by atoms with van der Waals surface area (Å²) in [5, 5.41) is 16.2. The van der Waals surface area contributed by atoms with Crippen molar-refractivity contribution < 1.29 is 56.1 Å². The van der Waals surface area contributed by atoms with E-state index in [4.69, 9.17) is 0 Å². The summed E-state index contributed by atoms with van der Waals surface area (Å²) in [5.74, 6) is 0. The molecule has 2 aliphatic carbocycles. The first-order chi connectivity index (χ1) is 12.9. The van der Waals surface area contributed by atoms with Crippen molar-refractivity contribution in [3.8, 4) is 0 Å². The molecule has 4 rings (SSSR count). The fourth-order valence-corrected chi connectivity index (χ4v) is 6.88. The molecule has 0 fully saturated rings. The van der Waals surface area contributed by atoms with E-state index in [-0.39, 0.29) is 57.6 Å². The molecule has 0 amide bonds. The summed E-state index contributed by atoms with van der Waals surface area (Å²) < 4.78 is 0. The van der Waals surface area contributed by atoms with Crippen LogP contribution < -0.4 is 35.3 Å². The molecule has 0 aliphatic heterocycles. The van der Waals surface area contributed by atoms with Gasteiger partial charge in [0, 0.05) is 6.61 Å². The normalized spacial score (nSPS) is 13.5. The molecule has 1 N–H and O–H groups in total. The van der Waals surface area contributed by atoms with Gasteiger partial charge in [0.15, 0.2) is 0 Å². The third-order valence-electron chi connectivity index (χ3n) is 5.92. The summed E-state index contributed by atoms with van der Waals surface area (Å²) in [4.78, 5) is 0. The first-order valence-corrected chi connectivity index (χ1v) is 13.0. The first kappa shape index (κ1) is 27.3. The molecule has 0 unspecified atom stereocenters. The number of halogens is 2. The van der Waals surface area contributed by atoms with Crippen LogP contribution in [0.1, 0.15) is 31.4 Å². The van der Waals surface area contributed by atoms with Crippen molar-refractivity contribution in [2.24, 2.45) is 0 Å². The first-order valence-electron chi connectivity index (χ1n) is 9.79. The van der Waals surface area contributed by atoms with E-state index in [1.54, 1.807) is 0 Å². The van der Waals surface area contributed by atoms with E-state index < -0.39 is 8.07 Å². The molecule has 0 heterocycles. The molecule has 1 nitrogen and oxygen atoms in total. The molecule has 2 aromatic rings. The summed E-state index contributed by atoms with van der Waals surface area (Å²) in [6.07, 6.45) is 9.32. The molecule has 0 saturated carbocycles. The predicted octanol–water partition coefficient (Wildman–Crippen LogP) is -1.86. The molecular weight excluding hydrogens is 506 g/mol. The minimum absolute atomic E-state index is 0. The van der Waals surface area contributed by atoms with E-state index in [1.165, 1.54) is 48.3 Å². The molecule has 0 aromatic heterocycles. The SMILES string of the molecule is CC(C)=c1ccc2c(c1C1=C([Si](C)(C)CCO)C=CC1)[C-]=c1ccccc1=2.[Cl-].[Cl-].[Zr+3]. The third kappa shape index (κ3) is 4.71. The molecule has 30 heavy (non-hydrogen) atoms. The zero-order valence-electron chi connectivity index (χ0n) is 17.9. The molecular formula is C25H27Cl2OSiZr. The van der Waals surface area contributed by atoms with Crippen LogP contribution in [0.5, 0.6) is 0 Å². The summed E-state index contributed by atoms with van der Waals surface area (Å²) in [6, 6.07) is 14.0. The number of rotatable bonds is 4. The molecule has 2 aliphatic rings. The Labute approximate surface area is 212 Å². The van der Waals surface area contributed by atoms with E-state index in [2.05, 4.69) is 81.6 Å². The van der Waals surface area contributed by atoms with E-state index in [9.17, 15) is 5.11 Å². The fraction of sp³-hybridized carbons (Fsp3) is 0.280. The van der Waals surface area contributed by atoms with Crippen LogP contribution in [0.15, 0.2) is 53.7 Å². The van der Waals surface area contributed by atoms with Gasteiger partial charge in [-0.15, -0.1) is 33.4 Å². The van der Waals surface area contributed by atoms with Gasteiger partial charge < -0.3 is 29.9 Å². The molecule has 155 valence electrons. The topological polar surface area (TPSA) is 20.2 Å². The van der Waals surface area contributed by atoms with E-state index in [0.717, 1.165) is 12.5 Å². The Hall–Kier alpha value is -0.700. The van der Waals surface area contributed by atoms with Crippen molar-refractivity contribution in [1.29, 1.82) is 0 Å². The predicted molar refractivity (Wildman–Crippen MR) is 117 cm³/mol. The van der Waals surface area contributed by atoms with Gasteiger partial charge in [-0.25, -0.2) is 0 Å². The largest absolute Gasteiger partial charge is 3.00 e. The van der Waals surface area contributed by atoms with Gasteiger partial charge in [0.25, 0.3) is 0 Å². The molecule has 0 bridgehead atoms. The summed E-state index contributed by atoms with van der Waals surface area (Å²) in [5.41, 5.74) is 5.40. The quantitative estimate of drug-likeness (QED) is 0.308. The van der Waals surface area contributed by atoms with Gasteiger partial charge in [-0.1, -0.05) is 82.7 Å². The van der Waals surface area contributed by atoms with Crippen LogP contribution in [0.2, 0.25) is 19.1 Å². The standard InChI is InChI=1S/C25H27OSi.2ClH.Zr/c1-17(2)19-12-13-21-20-9-6-5-8-18(20)16-23(21)25(19)22-10-7-11-24(22)27(3,4)15-14-26;;;/h5-9,11-13,26H,10,14-15H2,1-4H3;2*1H;/q-1;;;+3/p-2. The molecule has 5 heteroatoms. The molecule has 0 saturated heterocycles. The Morgan fingerprint density at radius 2 is 1.73 bits per heavy atom. The van der Waals surface area contributed by atoms with E-state index in [0.29, 0.717) is 0 Å². The number of aliphatic hydroxyl groups is 1. The van der Waals surface area contributed by atoms with E-state index in [1.807, 2.05) is 0 Å². The summed E-state index contributed by atoms with van der Waals surface area (Å²) in [6.45, 7) is 9.42. The fourth-order valence-electron chi connectivity index (χ4n) is 4.44. The van der Waals surface area contributed by atoms with Crippen molar-refractivity contribution in [3.05, 3.63) is 85.7 Å². The molecule has 2 aromatic carbocycles. The number of fused-ring (bicyclic) bond motifs is 2. The third-order valence-corrected chi connectivity index (χ3v) is 9.32. The number of hydrogen-bond acceptors (Lipinski definition) is 1. The van der Waals surface area contributed by atoms with Crippen molar-refractivity contribution in [3.63, 3.8) is 0 Å². The Morgan fingerprint density at radius 3 is 2.40 bits per heavy atom. The van der Waals surface area contributed by atoms with Crippen molar-refractivity contribution >= 4 is 25.3 Å². The van der Waals surface area contributed by atoms with Crippen LogP contribution in [0, 0.1) is 10.4 Å². The zero-order chi connectivity index (χ0) is 19.2. The summed E-state index contributed by atoms with van der Waals surface area (Å²) >= 11 is 0. The van der Waals surface area contributed by atoms with Crippen LogP contribution in [0.3, 0.4) is 0 Å². The van der Waals surface area contributed by atoms with Crippen molar-refractivity contribution in [2.75, 3.05) is 6.61 Å². The minimum Gasteiger partial charge on any atom is -1.00 e. The molecule has 1 radical (unpaired) electrons. The van der Waals surface area contributed by atoms with Crippen LogP contribution in [0.4, 0.5) is 0 Å². The maximum absolute atomic E-state index is 9.61. The number of hydrogen-bond donors (Lipinski definition) is 1. The van der Waals surface area contributed by atoms with Crippen molar-refractivity contribution in [2.45, 2.75) is 39.4 Å². The van der Waals surface area contributed by atoms with Gasteiger partial charge in [0.1, 0.15) is 0 Å². The Balaban J connectivity index is 0.00000150. The van der Waals surface area contributed by atoms with E-state index >= 15 is 0 Å². The van der Waals surface area contributed by atoms with Crippen LogP contribution in [0.25, 0.3) is 17.2 Å². The van der Waals surface area contributed by atoms with Gasteiger partial charge in [-0.05, 0) is 26.3 Å². The zero-order valence-corrected chi connectivity index (χ0v) is 22.9. The van der Waals surface area contributed by atoms with Crippen LogP contribution in [-0.4, -0.2) is 19.8 Å². The Bertz CT molecular complexity index is 1210. The monoisotopic (exact) mass is 531 g/mol. The second-order valence-corrected chi connectivity index (χ2v) is 13.2. The van der Waals surface area contributed by atoms with Crippen molar-refractivity contribution in [1.82, 2.24) is 0 Å². The smallest absolute Gasteiger partial charge is 1.00 e. The molecule has 0 atom stereocenters. The van der Waals surface area contributed by atoms with Gasteiger partial charge >= 0.3 is 26.2 Å². The number of benzene rings is 2. The van der Waals surface area contributed by atoms with Gasteiger partial charge in [0.2, 0.25) is 0 Å². The number of allylic oxidation sites excluding steroid dienone is 4. The maximum atomic E-state index is 9.61. The average molecular weight is 534 g/mol. The number of aliphatic hydroxyl groups excluding tert-OH is 1. The Morgan fingerprint density at radius 1 is 1.03 bits per heavy atom. The average Bonchev–Trinajstić information content (AvgIpc) is 3.25. The molecule has 0 spiro atoms. The van der Waals surface area contributed by atoms with Gasteiger partial charge in [0.05, 0.1) is 8.07 Å². The minimum atomic E-state index is -1.68. The van der Waals surface area contributed by atoms with Gasteiger partial charge in [-0.3, -0.25) is 0 Å². The second kappa shape index (κ2) is 10.7. The van der Waals surface area contributed by atoms with Gasteiger partial charge in [-0.2, -0.15) is 0 Å². The summed E-state index contributed by atoms with van der Waals surface area (Å²) in [7, 11) is -1.68. The maximum Gasteiger partial charge on any atom is 3.00 e.